The highest BCUT2D eigenvalue weighted by atomic mass is 15.0. The molecule has 0 aliphatic heterocycles. The van der Waals surface area contributed by atoms with Crippen molar-refractivity contribution in [2.75, 3.05) is 5.32 Å². The Kier molecular flexibility index (Phi) is 2.21. The van der Waals surface area contributed by atoms with Gasteiger partial charge in [0.25, 0.3) is 0 Å². The monoisotopic (exact) mass is 176 g/mol. The summed E-state index contributed by atoms with van der Waals surface area (Å²) in [6, 6.07) is 4.77. The Morgan fingerprint density at radius 3 is 2.85 bits per heavy atom. The highest BCUT2D eigenvalue weighted by molar-refractivity contribution is 5.38. The third kappa shape index (κ3) is 1.82. The maximum Gasteiger partial charge on any atom is 0.126 e. The first kappa shape index (κ1) is 8.54. The van der Waals surface area contributed by atoms with Crippen LogP contribution in [-0.4, -0.2) is 11.0 Å². The van der Waals surface area contributed by atoms with Gasteiger partial charge in [-0.1, -0.05) is 6.92 Å². The van der Waals surface area contributed by atoms with Crippen LogP contribution >= 0.6 is 0 Å². The first-order chi connectivity index (χ1) is 6.25. The van der Waals surface area contributed by atoms with E-state index in [9.17, 15) is 0 Å². The van der Waals surface area contributed by atoms with Crippen molar-refractivity contribution in [3.8, 4) is 0 Å². The van der Waals surface area contributed by atoms with Crippen LogP contribution in [0, 0.1) is 12.8 Å². The number of nitrogens with one attached hydrogen (secondary N) is 1. The van der Waals surface area contributed by atoms with Crippen LogP contribution in [0.4, 0.5) is 5.82 Å². The van der Waals surface area contributed by atoms with E-state index in [2.05, 4.69) is 30.2 Å². The van der Waals surface area contributed by atoms with Gasteiger partial charge in [-0.25, -0.2) is 4.98 Å². The van der Waals surface area contributed by atoms with Crippen LogP contribution < -0.4 is 5.32 Å². The molecule has 2 rings (SSSR count). The standard InChI is InChI=1S/C11H16N2/c1-8-5-6-12-11(7-8)13-10-4-3-9(10)2/h5-7,9-10H,3-4H2,1-2H3,(H,12,13). The Morgan fingerprint density at radius 1 is 1.46 bits per heavy atom. The van der Waals surface area contributed by atoms with Gasteiger partial charge < -0.3 is 5.32 Å². The third-order valence-corrected chi connectivity index (χ3v) is 2.87. The lowest BCUT2D eigenvalue weighted by Gasteiger charge is -2.34. The van der Waals surface area contributed by atoms with Gasteiger partial charge in [-0.15, -0.1) is 0 Å². The van der Waals surface area contributed by atoms with E-state index in [1.54, 1.807) is 0 Å². The van der Waals surface area contributed by atoms with E-state index >= 15 is 0 Å². The molecule has 2 atom stereocenters. The quantitative estimate of drug-likeness (QED) is 0.749. The summed E-state index contributed by atoms with van der Waals surface area (Å²) in [5.41, 5.74) is 1.27. The van der Waals surface area contributed by atoms with Crippen molar-refractivity contribution >= 4 is 5.82 Å². The molecule has 70 valence electrons. The van der Waals surface area contributed by atoms with Crippen LogP contribution in [0.1, 0.15) is 25.3 Å². The molecule has 0 bridgehead atoms. The van der Waals surface area contributed by atoms with Crippen molar-refractivity contribution in [2.24, 2.45) is 5.92 Å². The molecule has 0 amide bonds. The molecule has 0 saturated heterocycles. The van der Waals surface area contributed by atoms with Crippen LogP contribution in [0.5, 0.6) is 0 Å². The average Bonchev–Trinajstić information content (AvgIpc) is 2.12. The summed E-state index contributed by atoms with van der Waals surface area (Å²) < 4.78 is 0. The van der Waals surface area contributed by atoms with E-state index in [-0.39, 0.29) is 0 Å². The summed E-state index contributed by atoms with van der Waals surface area (Å²) in [6.45, 7) is 4.38. The zero-order chi connectivity index (χ0) is 9.26. The molecule has 0 radical (unpaired) electrons. The first-order valence-corrected chi connectivity index (χ1v) is 4.95. The number of hydrogen-bond donors (Lipinski definition) is 1. The Labute approximate surface area is 79.4 Å². The van der Waals surface area contributed by atoms with Gasteiger partial charge in [-0.05, 0) is 43.4 Å². The van der Waals surface area contributed by atoms with Crippen molar-refractivity contribution in [1.82, 2.24) is 4.98 Å². The summed E-state index contributed by atoms with van der Waals surface area (Å²) >= 11 is 0. The summed E-state index contributed by atoms with van der Waals surface area (Å²) in [6.07, 6.45) is 4.50. The molecule has 2 heteroatoms. The number of nitrogens with zero attached hydrogens (tertiary/aromatic N) is 1. The number of aromatic nitrogens is 1. The largest absolute Gasteiger partial charge is 0.367 e. The number of pyridine rings is 1. The van der Waals surface area contributed by atoms with E-state index in [1.807, 2.05) is 12.3 Å². The van der Waals surface area contributed by atoms with Crippen LogP contribution in [0.15, 0.2) is 18.3 Å². The van der Waals surface area contributed by atoms with Gasteiger partial charge in [0.15, 0.2) is 0 Å². The highest BCUT2D eigenvalue weighted by Gasteiger charge is 2.26. The van der Waals surface area contributed by atoms with Gasteiger partial charge in [-0.3, -0.25) is 0 Å². The number of rotatable bonds is 2. The lowest BCUT2D eigenvalue weighted by molar-refractivity contribution is 0.303. The Morgan fingerprint density at radius 2 is 2.31 bits per heavy atom. The zero-order valence-electron chi connectivity index (χ0n) is 8.25. The van der Waals surface area contributed by atoms with E-state index in [4.69, 9.17) is 0 Å². The minimum atomic E-state index is 0.647. The Bertz CT molecular complexity index is 296. The topological polar surface area (TPSA) is 24.9 Å². The van der Waals surface area contributed by atoms with Crippen LogP contribution in [0.3, 0.4) is 0 Å². The number of anilines is 1. The second kappa shape index (κ2) is 3.36. The summed E-state index contributed by atoms with van der Waals surface area (Å²) in [5, 5.41) is 3.46. The molecule has 2 unspecified atom stereocenters. The van der Waals surface area contributed by atoms with Gasteiger partial charge in [0, 0.05) is 12.2 Å². The van der Waals surface area contributed by atoms with E-state index < -0.39 is 0 Å². The number of hydrogen-bond acceptors (Lipinski definition) is 2. The lowest BCUT2D eigenvalue weighted by Crippen LogP contribution is -2.36. The zero-order valence-corrected chi connectivity index (χ0v) is 8.25. The lowest BCUT2D eigenvalue weighted by atomic mass is 9.81. The molecule has 1 aliphatic carbocycles. The van der Waals surface area contributed by atoms with Crippen LogP contribution in [0.2, 0.25) is 0 Å². The second-order valence-corrected chi connectivity index (χ2v) is 4.02. The summed E-state index contributed by atoms with van der Waals surface area (Å²) in [4.78, 5) is 4.28. The Balaban J connectivity index is 2.01. The predicted molar refractivity (Wildman–Crippen MR) is 54.8 cm³/mol. The summed E-state index contributed by atoms with van der Waals surface area (Å²) in [7, 11) is 0. The first-order valence-electron chi connectivity index (χ1n) is 4.95. The van der Waals surface area contributed by atoms with Gasteiger partial charge in [0.1, 0.15) is 5.82 Å². The van der Waals surface area contributed by atoms with Crippen molar-refractivity contribution in [2.45, 2.75) is 32.7 Å². The maximum atomic E-state index is 4.28. The fraction of sp³-hybridized carbons (Fsp3) is 0.545. The molecule has 0 spiro atoms. The van der Waals surface area contributed by atoms with Crippen molar-refractivity contribution in [3.05, 3.63) is 23.9 Å². The molecular formula is C11H16N2. The molecule has 1 N–H and O–H groups in total. The van der Waals surface area contributed by atoms with E-state index in [0.717, 1.165) is 11.7 Å². The Hall–Kier alpha value is -1.05. The smallest absolute Gasteiger partial charge is 0.126 e. The van der Waals surface area contributed by atoms with Gasteiger partial charge in [0.05, 0.1) is 0 Å². The minimum absolute atomic E-state index is 0.647. The van der Waals surface area contributed by atoms with Crippen LogP contribution in [-0.2, 0) is 0 Å². The van der Waals surface area contributed by atoms with Crippen LogP contribution in [0.25, 0.3) is 0 Å². The molecule has 1 aliphatic rings. The molecule has 1 aromatic rings. The molecule has 1 fully saturated rings. The molecule has 1 aromatic heterocycles. The SMILES string of the molecule is Cc1ccnc(NC2CCC2C)c1. The predicted octanol–water partition coefficient (Wildman–Crippen LogP) is 2.60. The van der Waals surface area contributed by atoms with Crippen molar-refractivity contribution < 1.29 is 0 Å². The van der Waals surface area contributed by atoms with Crippen molar-refractivity contribution in [3.63, 3.8) is 0 Å². The highest BCUT2D eigenvalue weighted by Crippen LogP contribution is 2.29. The third-order valence-electron chi connectivity index (χ3n) is 2.87. The van der Waals surface area contributed by atoms with E-state index in [0.29, 0.717) is 6.04 Å². The maximum absolute atomic E-state index is 4.28. The number of aryl methyl sites for hydroxylation is 1. The second-order valence-electron chi connectivity index (χ2n) is 4.02. The van der Waals surface area contributed by atoms with Gasteiger partial charge in [-0.2, -0.15) is 0 Å². The molecule has 0 aromatic carbocycles. The van der Waals surface area contributed by atoms with Gasteiger partial charge >= 0.3 is 0 Å². The van der Waals surface area contributed by atoms with E-state index in [1.165, 1.54) is 18.4 Å². The fourth-order valence-corrected chi connectivity index (χ4v) is 1.69. The van der Waals surface area contributed by atoms with Gasteiger partial charge in [0.2, 0.25) is 0 Å². The molecule has 1 heterocycles. The minimum Gasteiger partial charge on any atom is -0.367 e. The summed E-state index contributed by atoms with van der Waals surface area (Å²) in [5.74, 6) is 1.83. The molecule has 13 heavy (non-hydrogen) atoms. The molecular weight excluding hydrogens is 160 g/mol. The fourth-order valence-electron chi connectivity index (χ4n) is 1.69. The molecule has 2 nitrogen and oxygen atoms in total. The average molecular weight is 176 g/mol. The molecule has 1 saturated carbocycles. The normalized spacial score (nSPS) is 26.6. The van der Waals surface area contributed by atoms with Crippen molar-refractivity contribution in [1.29, 1.82) is 0 Å².